The van der Waals surface area contributed by atoms with E-state index in [0.717, 1.165) is 22.3 Å². The van der Waals surface area contributed by atoms with Gasteiger partial charge in [-0.25, -0.2) is 4.79 Å². The number of carbonyl (C=O) groups is 2. The molecule has 0 aliphatic rings. The summed E-state index contributed by atoms with van der Waals surface area (Å²) in [5, 5.41) is 5.83. The molecule has 8 heteroatoms. The average Bonchev–Trinajstić information content (AvgIpc) is 2.97. The number of nitrogens with zero attached hydrogens (tertiary/aromatic N) is 1. The molecule has 1 heterocycles. The third kappa shape index (κ3) is 7.42. The fourth-order valence-electron chi connectivity index (χ4n) is 4.59. The minimum atomic E-state index is -0.977. The summed E-state index contributed by atoms with van der Waals surface area (Å²) in [6, 6.07) is 25.6. The molecule has 41 heavy (non-hydrogen) atoms. The molecule has 4 rings (SSSR count). The molecular formula is C33H35N3O5. The van der Waals surface area contributed by atoms with Crippen molar-refractivity contribution < 1.29 is 23.8 Å². The number of hydrogen-bond acceptors (Lipinski definition) is 6. The standard InChI is InChI=1S/C33H35N3O5/c1-33(2,3)41-32(38)36-30(28(22-12-8-6-9-13-22)23-14-10-7-11-15-23)31(37)35-25-18-16-24(17-19-25)29-26(39-4)20-34-21-27(29)40-5/h6-21,28,30H,1-5H3,(H,35,37)(H,36,38). The molecule has 0 saturated carbocycles. The van der Waals surface area contributed by atoms with Crippen LogP contribution in [0.25, 0.3) is 11.1 Å². The monoisotopic (exact) mass is 553 g/mol. The van der Waals surface area contributed by atoms with Crippen molar-refractivity contribution in [1.29, 1.82) is 0 Å². The first-order valence-corrected chi connectivity index (χ1v) is 13.3. The van der Waals surface area contributed by atoms with Crippen molar-refractivity contribution in [2.24, 2.45) is 0 Å². The molecule has 1 atom stereocenters. The van der Waals surface area contributed by atoms with Gasteiger partial charge in [-0.1, -0.05) is 72.8 Å². The molecule has 212 valence electrons. The van der Waals surface area contributed by atoms with Gasteiger partial charge in [0.1, 0.15) is 23.1 Å². The lowest BCUT2D eigenvalue weighted by Gasteiger charge is -2.29. The van der Waals surface area contributed by atoms with Crippen molar-refractivity contribution in [3.63, 3.8) is 0 Å². The van der Waals surface area contributed by atoms with E-state index in [9.17, 15) is 9.59 Å². The van der Waals surface area contributed by atoms with Gasteiger partial charge in [0.25, 0.3) is 0 Å². The van der Waals surface area contributed by atoms with E-state index in [4.69, 9.17) is 14.2 Å². The van der Waals surface area contributed by atoms with E-state index < -0.39 is 23.7 Å². The maximum atomic E-state index is 13.9. The van der Waals surface area contributed by atoms with E-state index in [1.807, 2.05) is 72.8 Å². The molecule has 0 aliphatic carbocycles. The smallest absolute Gasteiger partial charge is 0.408 e. The maximum absolute atomic E-state index is 13.9. The zero-order chi connectivity index (χ0) is 29.4. The molecule has 1 aromatic heterocycles. The summed E-state index contributed by atoms with van der Waals surface area (Å²) in [6.07, 6.45) is 2.56. The topological polar surface area (TPSA) is 98.8 Å². The van der Waals surface area contributed by atoms with Crippen LogP contribution in [0.1, 0.15) is 37.8 Å². The Morgan fingerprint density at radius 1 is 0.756 bits per heavy atom. The first-order valence-electron chi connectivity index (χ1n) is 13.3. The predicted octanol–water partition coefficient (Wildman–Crippen LogP) is 6.43. The zero-order valence-corrected chi connectivity index (χ0v) is 23.9. The van der Waals surface area contributed by atoms with Crippen LogP contribution in [0.3, 0.4) is 0 Å². The van der Waals surface area contributed by atoms with Crippen molar-refractivity contribution in [2.75, 3.05) is 19.5 Å². The first kappa shape index (κ1) is 29.1. The second-order valence-electron chi connectivity index (χ2n) is 10.4. The highest BCUT2D eigenvalue weighted by molar-refractivity contribution is 5.98. The number of rotatable bonds is 9. The fourth-order valence-corrected chi connectivity index (χ4v) is 4.59. The van der Waals surface area contributed by atoms with E-state index in [2.05, 4.69) is 15.6 Å². The van der Waals surface area contributed by atoms with Gasteiger partial charge in [0.2, 0.25) is 5.91 Å². The van der Waals surface area contributed by atoms with E-state index in [-0.39, 0.29) is 5.91 Å². The Morgan fingerprint density at radius 3 is 1.73 bits per heavy atom. The Kier molecular flexibility index (Phi) is 9.24. The van der Waals surface area contributed by atoms with Crippen molar-refractivity contribution in [1.82, 2.24) is 10.3 Å². The predicted molar refractivity (Wildman–Crippen MR) is 159 cm³/mol. The maximum Gasteiger partial charge on any atom is 0.408 e. The fraction of sp³-hybridized carbons (Fsp3) is 0.242. The quantitative estimate of drug-likeness (QED) is 0.248. The van der Waals surface area contributed by atoms with Gasteiger partial charge >= 0.3 is 6.09 Å². The molecule has 2 amide bonds. The van der Waals surface area contributed by atoms with E-state index in [1.54, 1.807) is 59.5 Å². The number of carbonyl (C=O) groups excluding carboxylic acids is 2. The van der Waals surface area contributed by atoms with Gasteiger partial charge in [-0.2, -0.15) is 0 Å². The van der Waals surface area contributed by atoms with Gasteiger partial charge in [0.15, 0.2) is 0 Å². The largest absolute Gasteiger partial charge is 0.494 e. The number of anilines is 1. The van der Waals surface area contributed by atoms with Crippen molar-refractivity contribution in [2.45, 2.75) is 38.3 Å². The Labute approximate surface area is 240 Å². The normalized spacial score (nSPS) is 11.9. The van der Waals surface area contributed by atoms with Crippen LogP contribution in [0.5, 0.6) is 11.5 Å². The molecule has 0 radical (unpaired) electrons. The summed E-state index contributed by atoms with van der Waals surface area (Å²) in [5.74, 6) is 0.266. The summed E-state index contributed by atoms with van der Waals surface area (Å²) in [6.45, 7) is 5.34. The lowest BCUT2D eigenvalue weighted by Crippen LogP contribution is -2.49. The van der Waals surface area contributed by atoms with Gasteiger partial charge in [-0.3, -0.25) is 9.78 Å². The molecule has 3 aromatic carbocycles. The Hall–Kier alpha value is -4.85. The van der Waals surface area contributed by atoms with Crippen LogP contribution >= 0.6 is 0 Å². The minimum Gasteiger partial charge on any atom is -0.494 e. The van der Waals surface area contributed by atoms with Gasteiger partial charge < -0.3 is 24.8 Å². The van der Waals surface area contributed by atoms with Gasteiger partial charge in [-0.05, 0) is 49.6 Å². The average molecular weight is 554 g/mol. The van der Waals surface area contributed by atoms with E-state index in [0.29, 0.717) is 17.2 Å². The van der Waals surface area contributed by atoms with Crippen LogP contribution < -0.4 is 20.1 Å². The van der Waals surface area contributed by atoms with Gasteiger partial charge in [0.05, 0.1) is 32.2 Å². The van der Waals surface area contributed by atoms with Crippen LogP contribution in [0, 0.1) is 0 Å². The van der Waals surface area contributed by atoms with Crippen LogP contribution in [0.15, 0.2) is 97.3 Å². The highest BCUT2D eigenvalue weighted by Gasteiger charge is 2.34. The number of pyridine rings is 1. The molecule has 0 aliphatic heterocycles. The summed E-state index contributed by atoms with van der Waals surface area (Å²) in [7, 11) is 3.14. The van der Waals surface area contributed by atoms with Crippen molar-refractivity contribution in [3.05, 3.63) is 108 Å². The van der Waals surface area contributed by atoms with E-state index in [1.165, 1.54) is 0 Å². The van der Waals surface area contributed by atoms with Crippen LogP contribution in [0.4, 0.5) is 10.5 Å². The molecule has 0 spiro atoms. The first-order chi connectivity index (χ1) is 19.7. The minimum absolute atomic E-state index is 0.389. The second-order valence-corrected chi connectivity index (χ2v) is 10.4. The summed E-state index contributed by atoms with van der Waals surface area (Å²) < 4.78 is 16.5. The van der Waals surface area contributed by atoms with Crippen LogP contribution in [-0.2, 0) is 9.53 Å². The number of benzene rings is 3. The molecule has 1 unspecified atom stereocenters. The molecule has 0 saturated heterocycles. The Morgan fingerprint density at radius 2 is 1.27 bits per heavy atom. The summed E-state index contributed by atoms with van der Waals surface area (Å²) in [5.41, 5.74) is 3.16. The lowest BCUT2D eigenvalue weighted by molar-refractivity contribution is -0.118. The number of aromatic nitrogens is 1. The van der Waals surface area contributed by atoms with Gasteiger partial charge in [-0.15, -0.1) is 0 Å². The molecule has 2 N–H and O–H groups in total. The molecular weight excluding hydrogens is 518 g/mol. The second kappa shape index (κ2) is 13.0. The highest BCUT2D eigenvalue weighted by Crippen LogP contribution is 2.38. The number of alkyl carbamates (subject to hydrolysis) is 1. The third-order valence-electron chi connectivity index (χ3n) is 6.36. The number of hydrogen-bond donors (Lipinski definition) is 2. The zero-order valence-electron chi connectivity index (χ0n) is 23.9. The van der Waals surface area contributed by atoms with Crippen LogP contribution in [-0.4, -0.2) is 42.8 Å². The SMILES string of the molecule is COc1cncc(OC)c1-c1ccc(NC(=O)C(NC(=O)OC(C)(C)C)C(c2ccccc2)c2ccccc2)cc1. The highest BCUT2D eigenvalue weighted by atomic mass is 16.6. The number of ether oxygens (including phenoxy) is 3. The van der Waals surface area contributed by atoms with E-state index >= 15 is 0 Å². The summed E-state index contributed by atoms with van der Waals surface area (Å²) >= 11 is 0. The molecule has 0 fully saturated rings. The Balaban J connectivity index is 1.68. The summed E-state index contributed by atoms with van der Waals surface area (Å²) in [4.78, 5) is 31.1. The Bertz CT molecular complexity index is 1390. The lowest BCUT2D eigenvalue weighted by atomic mass is 9.84. The number of nitrogens with one attached hydrogen (secondary N) is 2. The van der Waals surface area contributed by atoms with Gasteiger partial charge in [0, 0.05) is 11.6 Å². The number of amides is 2. The van der Waals surface area contributed by atoms with Crippen molar-refractivity contribution >= 4 is 17.7 Å². The molecule has 0 bridgehead atoms. The number of methoxy groups -OCH3 is 2. The van der Waals surface area contributed by atoms with Crippen molar-refractivity contribution in [3.8, 4) is 22.6 Å². The molecule has 8 nitrogen and oxygen atoms in total. The third-order valence-corrected chi connectivity index (χ3v) is 6.36. The van der Waals surface area contributed by atoms with Crippen LogP contribution in [0.2, 0.25) is 0 Å². The molecule has 4 aromatic rings.